The molecule has 2 heterocycles. The minimum Gasteiger partial charge on any atom is -0.462 e. The summed E-state index contributed by atoms with van der Waals surface area (Å²) in [6.45, 7) is 1.94. The predicted molar refractivity (Wildman–Crippen MR) is 82.0 cm³/mol. The van der Waals surface area contributed by atoms with Crippen LogP contribution in [0.2, 0.25) is 0 Å². The fourth-order valence-electron chi connectivity index (χ4n) is 4.12. The topological polar surface area (TPSA) is 71.1 Å². The summed E-state index contributed by atoms with van der Waals surface area (Å²) in [7, 11) is 1.58. The SMILES string of the molecule is CO[C@@]12C[C@H]3C(=O)C[C@]1(C)O[C@@H](O2)[C@@H]3COC(=O)c1ccccc1. The molecular weight excluding hydrogens is 312 g/mol. The van der Waals surface area contributed by atoms with Crippen LogP contribution in [-0.2, 0) is 23.7 Å². The third-order valence-electron chi connectivity index (χ3n) is 5.51. The second-order valence-electron chi connectivity index (χ2n) is 6.87. The Labute approximate surface area is 140 Å². The van der Waals surface area contributed by atoms with Crippen molar-refractivity contribution in [3.05, 3.63) is 35.9 Å². The van der Waals surface area contributed by atoms with Gasteiger partial charge in [-0.15, -0.1) is 0 Å². The van der Waals surface area contributed by atoms with Crippen LogP contribution < -0.4 is 0 Å². The minimum absolute atomic E-state index is 0.0880. The molecule has 128 valence electrons. The summed E-state index contributed by atoms with van der Waals surface area (Å²) in [5.74, 6) is -1.75. The first kappa shape index (κ1) is 15.7. The summed E-state index contributed by atoms with van der Waals surface area (Å²) in [4.78, 5) is 24.6. The standard InChI is InChI=1S/C18H20O6/c1-17-9-14(19)12-8-18(17,21-2)24-16(23-17)13(12)10-22-15(20)11-6-4-3-5-7-11/h3-7,12-13,16H,8-10H2,1-2H3/t12-,13-,16+,17+,18-/m1/s1. The Balaban J connectivity index is 1.51. The van der Waals surface area contributed by atoms with Gasteiger partial charge in [-0.05, 0) is 19.1 Å². The Kier molecular flexibility index (Phi) is 3.53. The van der Waals surface area contributed by atoms with E-state index in [0.717, 1.165) is 0 Å². The molecule has 3 aliphatic rings. The van der Waals surface area contributed by atoms with Crippen LogP contribution in [0.3, 0.4) is 0 Å². The van der Waals surface area contributed by atoms with Crippen molar-refractivity contribution in [3.63, 3.8) is 0 Å². The van der Waals surface area contributed by atoms with E-state index in [4.69, 9.17) is 18.9 Å². The summed E-state index contributed by atoms with van der Waals surface area (Å²) in [5, 5.41) is 0. The van der Waals surface area contributed by atoms with E-state index in [1.165, 1.54) is 0 Å². The van der Waals surface area contributed by atoms with E-state index in [0.29, 0.717) is 12.0 Å². The van der Waals surface area contributed by atoms with Gasteiger partial charge in [0.25, 0.3) is 0 Å². The lowest BCUT2D eigenvalue weighted by atomic mass is 9.69. The predicted octanol–water partition coefficient (Wildman–Crippen LogP) is 1.93. The van der Waals surface area contributed by atoms with Crippen molar-refractivity contribution in [2.75, 3.05) is 13.7 Å². The number of ketones is 1. The molecule has 1 aromatic carbocycles. The van der Waals surface area contributed by atoms with Gasteiger partial charge >= 0.3 is 5.97 Å². The van der Waals surface area contributed by atoms with Crippen LogP contribution in [0.5, 0.6) is 0 Å². The smallest absolute Gasteiger partial charge is 0.338 e. The van der Waals surface area contributed by atoms with E-state index in [1.54, 1.807) is 31.4 Å². The zero-order chi connectivity index (χ0) is 16.9. The molecule has 1 aliphatic carbocycles. The van der Waals surface area contributed by atoms with Crippen LogP contribution in [0.1, 0.15) is 30.1 Å². The summed E-state index contributed by atoms with van der Waals surface area (Å²) in [6.07, 6.45) is 0.0947. The molecule has 1 saturated carbocycles. The van der Waals surface area contributed by atoms with Gasteiger partial charge in [0.2, 0.25) is 5.79 Å². The number of carbonyl (C=O) groups excluding carboxylic acids is 2. The molecule has 3 bridgehead atoms. The number of hydrogen-bond acceptors (Lipinski definition) is 6. The summed E-state index contributed by atoms with van der Waals surface area (Å²) in [5.41, 5.74) is -0.298. The van der Waals surface area contributed by atoms with Crippen molar-refractivity contribution in [1.29, 1.82) is 0 Å². The molecule has 2 saturated heterocycles. The average Bonchev–Trinajstić information content (AvgIpc) is 2.78. The van der Waals surface area contributed by atoms with Gasteiger partial charge in [0.05, 0.1) is 11.5 Å². The fraction of sp³-hybridized carbons (Fsp3) is 0.556. The van der Waals surface area contributed by atoms with Crippen LogP contribution in [0.25, 0.3) is 0 Å². The highest BCUT2D eigenvalue weighted by atomic mass is 16.8. The van der Waals surface area contributed by atoms with Crippen molar-refractivity contribution in [1.82, 2.24) is 0 Å². The molecule has 0 spiro atoms. The molecule has 0 aromatic heterocycles. The molecule has 5 atom stereocenters. The maximum absolute atomic E-state index is 12.5. The molecular formula is C18H20O6. The molecule has 0 amide bonds. The summed E-state index contributed by atoms with van der Waals surface area (Å²) in [6, 6.07) is 8.78. The molecule has 4 rings (SSSR count). The third kappa shape index (κ3) is 2.13. The lowest BCUT2D eigenvalue weighted by Gasteiger charge is -2.47. The quantitative estimate of drug-likeness (QED) is 0.785. The molecule has 1 aromatic rings. The Morgan fingerprint density at radius 1 is 1.29 bits per heavy atom. The molecule has 24 heavy (non-hydrogen) atoms. The van der Waals surface area contributed by atoms with E-state index in [1.807, 2.05) is 13.0 Å². The first-order valence-corrected chi connectivity index (χ1v) is 8.14. The maximum Gasteiger partial charge on any atom is 0.338 e. The lowest BCUT2D eigenvalue weighted by molar-refractivity contribution is -0.283. The molecule has 6 heteroatoms. The summed E-state index contributed by atoms with van der Waals surface area (Å²) >= 11 is 0. The molecule has 0 unspecified atom stereocenters. The second-order valence-corrected chi connectivity index (χ2v) is 6.87. The van der Waals surface area contributed by atoms with Crippen molar-refractivity contribution in [2.24, 2.45) is 11.8 Å². The first-order valence-electron chi connectivity index (χ1n) is 8.14. The highest BCUT2D eigenvalue weighted by Crippen LogP contribution is 2.57. The normalized spacial score (nSPS) is 39.9. The maximum atomic E-state index is 12.5. The Morgan fingerprint density at radius 2 is 2.04 bits per heavy atom. The van der Waals surface area contributed by atoms with Crippen LogP contribution in [0.4, 0.5) is 0 Å². The largest absolute Gasteiger partial charge is 0.462 e. The van der Waals surface area contributed by atoms with Crippen molar-refractivity contribution >= 4 is 11.8 Å². The van der Waals surface area contributed by atoms with Gasteiger partial charge in [0.1, 0.15) is 18.0 Å². The van der Waals surface area contributed by atoms with Crippen LogP contribution in [0.15, 0.2) is 30.3 Å². The molecule has 0 N–H and O–H groups in total. The minimum atomic E-state index is -0.879. The van der Waals surface area contributed by atoms with E-state index in [9.17, 15) is 9.59 Å². The number of fused-ring (bicyclic) bond motifs is 2. The van der Waals surface area contributed by atoms with Crippen LogP contribution >= 0.6 is 0 Å². The van der Waals surface area contributed by atoms with Crippen molar-refractivity contribution in [3.8, 4) is 0 Å². The van der Waals surface area contributed by atoms with Gasteiger partial charge in [-0.25, -0.2) is 4.79 Å². The van der Waals surface area contributed by atoms with Gasteiger partial charge in [0.15, 0.2) is 6.29 Å². The van der Waals surface area contributed by atoms with Gasteiger partial charge in [-0.1, -0.05) is 18.2 Å². The molecule has 2 aliphatic heterocycles. The van der Waals surface area contributed by atoms with Crippen LogP contribution in [-0.4, -0.2) is 43.1 Å². The van der Waals surface area contributed by atoms with E-state index >= 15 is 0 Å². The van der Waals surface area contributed by atoms with Gasteiger partial charge in [-0.3, -0.25) is 4.79 Å². The lowest BCUT2D eigenvalue weighted by Crippen LogP contribution is -2.60. The number of esters is 1. The van der Waals surface area contributed by atoms with E-state index < -0.39 is 23.6 Å². The monoisotopic (exact) mass is 332 g/mol. The van der Waals surface area contributed by atoms with Crippen molar-refractivity contribution < 1.29 is 28.5 Å². The highest BCUT2D eigenvalue weighted by Gasteiger charge is 2.70. The van der Waals surface area contributed by atoms with Crippen LogP contribution in [0, 0.1) is 11.8 Å². The number of benzene rings is 1. The summed E-state index contributed by atoms with van der Waals surface area (Å²) < 4.78 is 23.0. The number of hydrogen-bond donors (Lipinski definition) is 0. The van der Waals surface area contributed by atoms with E-state index in [-0.39, 0.29) is 30.6 Å². The molecule has 3 fully saturated rings. The zero-order valence-corrected chi connectivity index (χ0v) is 13.7. The van der Waals surface area contributed by atoms with E-state index in [2.05, 4.69) is 0 Å². The number of ether oxygens (including phenoxy) is 4. The zero-order valence-electron chi connectivity index (χ0n) is 13.7. The number of carbonyl (C=O) groups is 2. The fourth-order valence-corrected chi connectivity index (χ4v) is 4.12. The first-order chi connectivity index (χ1) is 11.5. The molecule has 6 nitrogen and oxygen atoms in total. The van der Waals surface area contributed by atoms with Gasteiger partial charge in [-0.2, -0.15) is 0 Å². The number of Topliss-reactive ketones (excluding diaryl/α,β-unsaturated/α-hetero) is 1. The number of methoxy groups -OCH3 is 1. The Hall–Kier alpha value is -1.76. The highest BCUT2D eigenvalue weighted by molar-refractivity contribution is 5.89. The number of rotatable bonds is 4. The van der Waals surface area contributed by atoms with Gasteiger partial charge < -0.3 is 18.9 Å². The Morgan fingerprint density at radius 3 is 2.75 bits per heavy atom. The third-order valence-corrected chi connectivity index (χ3v) is 5.51. The molecule has 0 radical (unpaired) electrons. The average molecular weight is 332 g/mol. The van der Waals surface area contributed by atoms with Crippen molar-refractivity contribution in [2.45, 2.75) is 37.4 Å². The Bertz CT molecular complexity index is 673. The second kappa shape index (κ2) is 5.37. The van der Waals surface area contributed by atoms with Gasteiger partial charge in [0, 0.05) is 25.9 Å².